The summed E-state index contributed by atoms with van der Waals surface area (Å²) in [7, 11) is 0. The van der Waals surface area contributed by atoms with E-state index in [-0.39, 0.29) is 11.3 Å². The van der Waals surface area contributed by atoms with Crippen LogP contribution in [0.4, 0.5) is 18.9 Å². The smallest absolute Gasteiger partial charge is 0.416 e. The number of likely N-dealkylation sites (tertiary alicyclic amines) is 1. The molecule has 5 rings (SSSR count). The van der Waals surface area contributed by atoms with Crippen LogP contribution in [0.15, 0.2) is 71.9 Å². The third-order valence-electron chi connectivity index (χ3n) is 6.97. The van der Waals surface area contributed by atoms with E-state index in [0.29, 0.717) is 42.1 Å². The van der Waals surface area contributed by atoms with Crippen molar-refractivity contribution in [2.75, 3.05) is 38.0 Å². The number of carbonyl (C=O) groups is 1. The van der Waals surface area contributed by atoms with Crippen molar-refractivity contribution >= 4 is 23.5 Å². The summed E-state index contributed by atoms with van der Waals surface area (Å²) in [5, 5.41) is 5.73. The Bertz CT molecular complexity index is 1430. The Morgan fingerprint density at radius 2 is 1.90 bits per heavy atom. The summed E-state index contributed by atoms with van der Waals surface area (Å²) >= 11 is 0. The van der Waals surface area contributed by atoms with Crippen molar-refractivity contribution in [2.24, 2.45) is 4.99 Å². The maximum absolute atomic E-state index is 13.8. The molecule has 1 aromatic heterocycles. The van der Waals surface area contributed by atoms with Gasteiger partial charge in [-0.15, -0.1) is 0 Å². The SMILES string of the molecule is O=C(/C=C/c1cccc(Oc2ccnc(C3=NCCN3)c2)c1)Nc1ccc(CCCN2CCCC2)c(C(F)(F)F)c1. The van der Waals surface area contributed by atoms with E-state index in [4.69, 9.17) is 4.74 Å². The number of nitrogens with zero attached hydrogens (tertiary/aromatic N) is 3. The van der Waals surface area contributed by atoms with Crippen LogP contribution in [-0.4, -0.2) is 54.4 Å². The predicted molar refractivity (Wildman–Crippen MR) is 153 cm³/mol. The molecule has 0 radical (unpaired) electrons. The van der Waals surface area contributed by atoms with Gasteiger partial charge in [-0.3, -0.25) is 14.8 Å². The number of hydrogen-bond donors (Lipinski definition) is 2. The number of hydrogen-bond acceptors (Lipinski definition) is 6. The fraction of sp³-hybridized carbons (Fsp3) is 0.323. The number of anilines is 1. The number of carbonyl (C=O) groups excluding carboxylic acids is 1. The van der Waals surface area contributed by atoms with E-state index in [0.717, 1.165) is 50.9 Å². The molecule has 41 heavy (non-hydrogen) atoms. The van der Waals surface area contributed by atoms with Crippen LogP contribution in [0.1, 0.15) is 41.6 Å². The number of rotatable bonds is 10. The maximum atomic E-state index is 13.8. The van der Waals surface area contributed by atoms with Gasteiger partial charge in [0.15, 0.2) is 0 Å². The van der Waals surface area contributed by atoms with E-state index >= 15 is 0 Å². The molecule has 0 bridgehead atoms. The van der Waals surface area contributed by atoms with Gasteiger partial charge in [0.2, 0.25) is 5.91 Å². The monoisotopic (exact) mass is 563 g/mol. The average molecular weight is 564 g/mol. The molecule has 2 N–H and O–H groups in total. The minimum atomic E-state index is -4.50. The summed E-state index contributed by atoms with van der Waals surface area (Å²) in [6.07, 6.45) is 3.30. The molecule has 1 saturated heterocycles. The Morgan fingerprint density at radius 1 is 1.07 bits per heavy atom. The van der Waals surface area contributed by atoms with E-state index in [1.54, 1.807) is 48.7 Å². The van der Waals surface area contributed by atoms with Gasteiger partial charge < -0.3 is 20.3 Å². The van der Waals surface area contributed by atoms with Gasteiger partial charge in [-0.1, -0.05) is 18.2 Å². The summed E-state index contributed by atoms with van der Waals surface area (Å²) < 4.78 is 47.4. The van der Waals surface area contributed by atoms with Crippen molar-refractivity contribution in [1.29, 1.82) is 0 Å². The van der Waals surface area contributed by atoms with Gasteiger partial charge in [0.1, 0.15) is 23.0 Å². The molecule has 1 fully saturated rings. The molecule has 10 heteroatoms. The minimum absolute atomic E-state index is 0.0993. The highest BCUT2D eigenvalue weighted by Gasteiger charge is 2.33. The summed E-state index contributed by atoms with van der Waals surface area (Å²) in [6.45, 7) is 4.31. The van der Waals surface area contributed by atoms with Gasteiger partial charge in [-0.05, 0) is 92.9 Å². The standard InChI is InChI=1S/C31H32F3N5O2/c32-31(33,34)27-20-24(10-9-23(27)6-4-18-39-16-1-2-17-39)38-29(40)11-8-22-5-3-7-25(19-22)41-26-12-13-35-28(21-26)30-36-14-15-37-30/h3,5,7-13,19-21H,1-2,4,6,14-18H2,(H,36,37)(H,38,40)/b11-8+. The van der Waals surface area contributed by atoms with Crippen molar-refractivity contribution in [3.8, 4) is 11.5 Å². The van der Waals surface area contributed by atoms with Crippen LogP contribution in [-0.2, 0) is 17.4 Å². The van der Waals surface area contributed by atoms with E-state index in [9.17, 15) is 18.0 Å². The van der Waals surface area contributed by atoms with Gasteiger partial charge >= 0.3 is 6.18 Å². The molecule has 0 saturated carbocycles. The zero-order valence-corrected chi connectivity index (χ0v) is 22.6. The number of nitrogens with one attached hydrogen (secondary N) is 2. The quantitative estimate of drug-likeness (QED) is 0.300. The number of amides is 1. The van der Waals surface area contributed by atoms with Crippen LogP contribution in [0.25, 0.3) is 6.08 Å². The molecule has 3 aromatic rings. The Balaban J connectivity index is 1.20. The van der Waals surface area contributed by atoms with Crippen LogP contribution in [0.5, 0.6) is 11.5 Å². The summed E-state index contributed by atoms with van der Waals surface area (Å²) in [5.74, 6) is 1.34. The second kappa shape index (κ2) is 13.0. The van der Waals surface area contributed by atoms with Gasteiger partial charge in [0.25, 0.3) is 0 Å². The Labute approximate surface area is 237 Å². The Kier molecular flexibility index (Phi) is 8.98. The number of aliphatic imine (C=N–C) groups is 1. The van der Waals surface area contributed by atoms with Gasteiger partial charge in [0.05, 0.1) is 12.1 Å². The molecule has 214 valence electrons. The Morgan fingerprint density at radius 3 is 2.68 bits per heavy atom. The number of aromatic nitrogens is 1. The first kappa shape index (κ1) is 28.4. The lowest BCUT2D eigenvalue weighted by Crippen LogP contribution is -2.21. The second-order valence-corrected chi connectivity index (χ2v) is 10.1. The van der Waals surface area contributed by atoms with Gasteiger partial charge in [-0.2, -0.15) is 13.2 Å². The van der Waals surface area contributed by atoms with Crippen LogP contribution >= 0.6 is 0 Å². The number of aryl methyl sites for hydroxylation is 1. The molecular weight excluding hydrogens is 531 g/mol. The number of pyridine rings is 1. The van der Waals surface area contributed by atoms with Gasteiger partial charge in [-0.25, -0.2) is 0 Å². The lowest BCUT2D eigenvalue weighted by Gasteiger charge is -2.17. The molecule has 0 unspecified atom stereocenters. The highest BCUT2D eigenvalue weighted by atomic mass is 19.4. The predicted octanol–water partition coefficient (Wildman–Crippen LogP) is 5.92. The third kappa shape index (κ3) is 7.94. The van der Waals surface area contributed by atoms with Crippen LogP contribution in [0.3, 0.4) is 0 Å². The summed E-state index contributed by atoms with van der Waals surface area (Å²) in [6, 6.07) is 14.7. The lowest BCUT2D eigenvalue weighted by atomic mass is 10.0. The lowest BCUT2D eigenvalue weighted by molar-refractivity contribution is -0.138. The molecule has 1 amide bonds. The average Bonchev–Trinajstić information content (AvgIpc) is 3.68. The van der Waals surface area contributed by atoms with Crippen molar-refractivity contribution in [2.45, 2.75) is 31.9 Å². The Hall–Kier alpha value is -4.18. The third-order valence-corrected chi connectivity index (χ3v) is 6.97. The van der Waals surface area contributed by atoms with Crippen LogP contribution in [0.2, 0.25) is 0 Å². The van der Waals surface area contributed by atoms with E-state index < -0.39 is 17.6 Å². The highest BCUT2D eigenvalue weighted by molar-refractivity contribution is 6.02. The topological polar surface area (TPSA) is 78.8 Å². The normalized spacial score (nSPS) is 15.6. The molecule has 2 aliphatic rings. The number of amidine groups is 1. The summed E-state index contributed by atoms with van der Waals surface area (Å²) in [5.41, 5.74) is 1.02. The van der Waals surface area contributed by atoms with Crippen LogP contribution < -0.4 is 15.4 Å². The zero-order valence-electron chi connectivity index (χ0n) is 22.6. The first-order chi connectivity index (χ1) is 19.8. The number of alkyl halides is 3. The largest absolute Gasteiger partial charge is 0.457 e. The molecule has 0 atom stereocenters. The molecule has 0 spiro atoms. The van der Waals surface area contributed by atoms with E-state index in [1.165, 1.54) is 18.2 Å². The molecule has 2 aromatic carbocycles. The number of halogens is 3. The van der Waals surface area contributed by atoms with E-state index in [2.05, 4.69) is 25.5 Å². The molecule has 3 heterocycles. The second-order valence-electron chi connectivity index (χ2n) is 10.1. The number of benzene rings is 2. The summed E-state index contributed by atoms with van der Waals surface area (Å²) in [4.78, 5) is 23.5. The van der Waals surface area contributed by atoms with Crippen molar-refractivity contribution in [1.82, 2.24) is 15.2 Å². The first-order valence-corrected chi connectivity index (χ1v) is 13.8. The van der Waals surface area contributed by atoms with Gasteiger partial charge in [0, 0.05) is 30.6 Å². The zero-order chi connectivity index (χ0) is 28.7. The number of ether oxygens (including phenoxy) is 1. The fourth-order valence-corrected chi connectivity index (χ4v) is 4.98. The van der Waals surface area contributed by atoms with E-state index in [1.807, 2.05) is 0 Å². The van der Waals surface area contributed by atoms with Crippen molar-refractivity contribution < 1.29 is 22.7 Å². The van der Waals surface area contributed by atoms with Crippen molar-refractivity contribution in [3.05, 3.63) is 89.3 Å². The molecular formula is C31H32F3N5O2. The van der Waals surface area contributed by atoms with Crippen molar-refractivity contribution in [3.63, 3.8) is 0 Å². The highest BCUT2D eigenvalue weighted by Crippen LogP contribution is 2.34. The minimum Gasteiger partial charge on any atom is -0.457 e. The first-order valence-electron chi connectivity index (χ1n) is 13.8. The fourth-order valence-electron chi connectivity index (χ4n) is 4.98. The molecule has 2 aliphatic heterocycles. The molecule has 0 aliphatic carbocycles. The maximum Gasteiger partial charge on any atom is 0.416 e. The van der Waals surface area contributed by atoms with Crippen LogP contribution in [0, 0.1) is 0 Å². The molecule has 7 nitrogen and oxygen atoms in total.